The zero-order valence-electron chi connectivity index (χ0n) is 11.2. The highest BCUT2D eigenvalue weighted by Gasteiger charge is 2.35. The standard InChI is InChI=1S/C14H13ClF3N3/c1-2-3-9-4-6-10(7-5-9)19-12-8-11(15)20-13(21-12)14(16,17)18/h4-8H,2-3H2,1H3,(H,19,20,21). The van der Waals surface area contributed by atoms with Gasteiger partial charge in [-0.05, 0) is 24.1 Å². The first kappa shape index (κ1) is 15.6. The zero-order chi connectivity index (χ0) is 15.5. The Morgan fingerprint density at radius 1 is 1.14 bits per heavy atom. The van der Waals surface area contributed by atoms with Gasteiger partial charge in [-0.2, -0.15) is 13.2 Å². The highest BCUT2D eigenvalue weighted by atomic mass is 35.5. The molecule has 112 valence electrons. The van der Waals surface area contributed by atoms with E-state index in [2.05, 4.69) is 22.2 Å². The van der Waals surface area contributed by atoms with Crippen molar-refractivity contribution >= 4 is 23.1 Å². The van der Waals surface area contributed by atoms with Crippen LogP contribution in [0.3, 0.4) is 0 Å². The summed E-state index contributed by atoms with van der Waals surface area (Å²) in [6, 6.07) is 8.65. The molecule has 7 heteroatoms. The number of hydrogen-bond acceptors (Lipinski definition) is 3. The van der Waals surface area contributed by atoms with Gasteiger partial charge in [0.05, 0.1) is 0 Å². The van der Waals surface area contributed by atoms with Crippen LogP contribution in [-0.2, 0) is 12.6 Å². The molecule has 1 N–H and O–H groups in total. The van der Waals surface area contributed by atoms with E-state index in [4.69, 9.17) is 11.6 Å². The fourth-order valence-corrected chi connectivity index (χ4v) is 1.98. The van der Waals surface area contributed by atoms with Crippen molar-refractivity contribution in [2.45, 2.75) is 25.9 Å². The topological polar surface area (TPSA) is 37.8 Å². The summed E-state index contributed by atoms with van der Waals surface area (Å²) in [5.41, 5.74) is 1.80. The summed E-state index contributed by atoms with van der Waals surface area (Å²) in [6.07, 6.45) is -2.65. The Balaban J connectivity index is 2.21. The number of rotatable bonds is 4. The van der Waals surface area contributed by atoms with E-state index < -0.39 is 12.0 Å². The first-order valence-corrected chi connectivity index (χ1v) is 6.74. The predicted molar refractivity (Wildman–Crippen MR) is 75.8 cm³/mol. The van der Waals surface area contributed by atoms with Crippen LogP contribution in [0.1, 0.15) is 24.7 Å². The molecule has 0 amide bonds. The molecule has 0 atom stereocenters. The van der Waals surface area contributed by atoms with Gasteiger partial charge in [-0.15, -0.1) is 0 Å². The molecule has 0 unspecified atom stereocenters. The fraction of sp³-hybridized carbons (Fsp3) is 0.286. The molecule has 0 spiro atoms. The van der Waals surface area contributed by atoms with Gasteiger partial charge in [0.25, 0.3) is 0 Å². The molecule has 1 aromatic heterocycles. The summed E-state index contributed by atoms with van der Waals surface area (Å²) >= 11 is 5.60. The molecule has 0 saturated carbocycles. The molecule has 0 aliphatic rings. The average Bonchev–Trinajstić information content (AvgIpc) is 2.40. The van der Waals surface area contributed by atoms with Crippen molar-refractivity contribution in [2.24, 2.45) is 0 Å². The molecule has 2 aromatic rings. The van der Waals surface area contributed by atoms with Crippen molar-refractivity contribution in [3.05, 3.63) is 46.9 Å². The Morgan fingerprint density at radius 3 is 2.38 bits per heavy atom. The molecular formula is C14H13ClF3N3. The molecule has 1 heterocycles. The minimum Gasteiger partial charge on any atom is -0.340 e. The van der Waals surface area contributed by atoms with Crippen LogP contribution < -0.4 is 5.32 Å². The molecular weight excluding hydrogens is 303 g/mol. The molecule has 2 rings (SSSR count). The smallest absolute Gasteiger partial charge is 0.340 e. The number of aromatic nitrogens is 2. The van der Waals surface area contributed by atoms with Gasteiger partial charge in [-0.1, -0.05) is 37.1 Å². The minimum absolute atomic E-state index is 0.00515. The number of nitrogens with one attached hydrogen (secondary N) is 1. The van der Waals surface area contributed by atoms with E-state index >= 15 is 0 Å². The fourth-order valence-electron chi connectivity index (χ4n) is 1.80. The first-order chi connectivity index (χ1) is 9.88. The Hall–Kier alpha value is -1.82. The summed E-state index contributed by atoms with van der Waals surface area (Å²) in [7, 11) is 0. The summed E-state index contributed by atoms with van der Waals surface area (Å²) < 4.78 is 37.8. The Morgan fingerprint density at radius 2 is 1.81 bits per heavy atom. The van der Waals surface area contributed by atoms with Crippen LogP contribution in [0, 0.1) is 0 Å². The van der Waals surface area contributed by atoms with E-state index in [1.54, 1.807) is 12.1 Å². The maximum atomic E-state index is 12.6. The van der Waals surface area contributed by atoms with Gasteiger partial charge in [0, 0.05) is 11.8 Å². The number of alkyl halides is 3. The van der Waals surface area contributed by atoms with Crippen molar-refractivity contribution in [1.29, 1.82) is 0 Å². The van der Waals surface area contributed by atoms with Gasteiger partial charge < -0.3 is 5.32 Å². The van der Waals surface area contributed by atoms with E-state index in [0.717, 1.165) is 12.8 Å². The lowest BCUT2D eigenvalue weighted by molar-refractivity contribution is -0.144. The Labute approximate surface area is 125 Å². The van der Waals surface area contributed by atoms with E-state index in [1.165, 1.54) is 11.6 Å². The SMILES string of the molecule is CCCc1ccc(Nc2cc(Cl)nc(C(F)(F)F)n2)cc1. The van der Waals surface area contributed by atoms with Crippen molar-refractivity contribution in [3.63, 3.8) is 0 Å². The van der Waals surface area contributed by atoms with Crippen LogP contribution in [0.5, 0.6) is 0 Å². The van der Waals surface area contributed by atoms with Crippen LogP contribution in [0.4, 0.5) is 24.7 Å². The predicted octanol–water partition coefficient (Wildman–Crippen LogP) is 4.84. The summed E-state index contributed by atoms with van der Waals surface area (Å²) in [4.78, 5) is 6.60. The van der Waals surface area contributed by atoms with Crippen molar-refractivity contribution in [3.8, 4) is 0 Å². The molecule has 3 nitrogen and oxygen atoms in total. The number of nitrogens with zero attached hydrogens (tertiary/aromatic N) is 2. The third-order valence-corrected chi connectivity index (χ3v) is 2.91. The van der Waals surface area contributed by atoms with Gasteiger partial charge in [-0.3, -0.25) is 0 Å². The van der Waals surface area contributed by atoms with Crippen molar-refractivity contribution in [1.82, 2.24) is 9.97 Å². The van der Waals surface area contributed by atoms with E-state index in [1.807, 2.05) is 12.1 Å². The van der Waals surface area contributed by atoms with Gasteiger partial charge in [0.15, 0.2) is 0 Å². The average molecular weight is 316 g/mol. The third-order valence-electron chi connectivity index (χ3n) is 2.71. The maximum Gasteiger partial charge on any atom is 0.451 e. The van der Waals surface area contributed by atoms with Gasteiger partial charge in [0.2, 0.25) is 5.82 Å². The second-order valence-electron chi connectivity index (χ2n) is 4.47. The summed E-state index contributed by atoms with van der Waals surface area (Å²) in [6.45, 7) is 2.08. The van der Waals surface area contributed by atoms with Crippen molar-refractivity contribution < 1.29 is 13.2 Å². The molecule has 0 radical (unpaired) electrons. The maximum absolute atomic E-state index is 12.6. The Bertz CT molecular complexity index is 612. The van der Waals surface area contributed by atoms with Crippen LogP contribution in [0.15, 0.2) is 30.3 Å². The Kier molecular flexibility index (Phi) is 4.67. The first-order valence-electron chi connectivity index (χ1n) is 6.36. The summed E-state index contributed by atoms with van der Waals surface area (Å²) in [5.74, 6) is -1.26. The number of halogens is 4. The summed E-state index contributed by atoms with van der Waals surface area (Å²) in [5, 5.41) is 2.53. The second-order valence-corrected chi connectivity index (χ2v) is 4.86. The molecule has 1 aromatic carbocycles. The molecule has 0 aliphatic carbocycles. The normalized spacial score (nSPS) is 11.5. The lowest BCUT2D eigenvalue weighted by Crippen LogP contribution is -2.12. The third kappa shape index (κ3) is 4.32. The van der Waals surface area contributed by atoms with E-state index in [9.17, 15) is 13.2 Å². The van der Waals surface area contributed by atoms with Crippen LogP contribution in [0.2, 0.25) is 5.15 Å². The second kappa shape index (κ2) is 6.30. The molecule has 0 bridgehead atoms. The lowest BCUT2D eigenvalue weighted by atomic mass is 10.1. The minimum atomic E-state index is -4.63. The highest BCUT2D eigenvalue weighted by Crippen LogP contribution is 2.29. The van der Waals surface area contributed by atoms with E-state index in [-0.39, 0.29) is 11.0 Å². The quantitative estimate of drug-likeness (QED) is 0.820. The van der Waals surface area contributed by atoms with Crippen LogP contribution in [-0.4, -0.2) is 9.97 Å². The number of aryl methyl sites for hydroxylation is 1. The molecule has 0 aliphatic heterocycles. The van der Waals surface area contributed by atoms with Crippen LogP contribution in [0.25, 0.3) is 0 Å². The molecule has 0 saturated heterocycles. The van der Waals surface area contributed by atoms with Crippen LogP contribution >= 0.6 is 11.6 Å². The monoisotopic (exact) mass is 315 g/mol. The lowest BCUT2D eigenvalue weighted by Gasteiger charge is -2.10. The van der Waals surface area contributed by atoms with E-state index in [0.29, 0.717) is 5.69 Å². The number of anilines is 2. The number of benzene rings is 1. The molecule has 0 fully saturated rings. The molecule has 21 heavy (non-hydrogen) atoms. The highest BCUT2D eigenvalue weighted by molar-refractivity contribution is 6.29. The van der Waals surface area contributed by atoms with Gasteiger partial charge in [-0.25, -0.2) is 9.97 Å². The van der Waals surface area contributed by atoms with Gasteiger partial charge in [0.1, 0.15) is 11.0 Å². The largest absolute Gasteiger partial charge is 0.451 e. The van der Waals surface area contributed by atoms with Gasteiger partial charge >= 0.3 is 6.18 Å². The zero-order valence-corrected chi connectivity index (χ0v) is 12.0. The van der Waals surface area contributed by atoms with Crippen molar-refractivity contribution in [2.75, 3.05) is 5.32 Å². The number of hydrogen-bond donors (Lipinski definition) is 1.